The lowest BCUT2D eigenvalue weighted by Crippen LogP contribution is -2.28. The van der Waals surface area contributed by atoms with Gasteiger partial charge < -0.3 is 14.6 Å². The first-order valence-corrected chi connectivity index (χ1v) is 12.4. The molecule has 0 saturated heterocycles. The van der Waals surface area contributed by atoms with E-state index in [9.17, 15) is 19.1 Å². The lowest BCUT2D eigenvalue weighted by Gasteiger charge is -2.19. The first-order chi connectivity index (χ1) is 18.4. The van der Waals surface area contributed by atoms with Gasteiger partial charge in [0.1, 0.15) is 28.8 Å². The van der Waals surface area contributed by atoms with Crippen LogP contribution in [-0.2, 0) is 12.8 Å². The summed E-state index contributed by atoms with van der Waals surface area (Å²) in [5.74, 6) is 1.08. The maximum atomic E-state index is 13.9. The molecule has 0 spiro atoms. The lowest BCUT2D eigenvalue weighted by atomic mass is 10.1. The van der Waals surface area contributed by atoms with Crippen LogP contribution in [0.4, 0.5) is 4.39 Å². The third kappa shape index (κ3) is 5.04. The Morgan fingerprint density at radius 3 is 2.32 bits per heavy atom. The van der Waals surface area contributed by atoms with Gasteiger partial charge >= 0.3 is 0 Å². The number of aromatic hydroxyl groups is 1. The fraction of sp³-hybridized carbons (Fsp3) is 0.276. The number of aromatic nitrogens is 3. The van der Waals surface area contributed by atoms with Crippen molar-refractivity contribution < 1.29 is 19.0 Å². The summed E-state index contributed by atoms with van der Waals surface area (Å²) in [4.78, 5) is 30.5. The maximum Gasteiger partial charge on any atom is 0.265 e. The summed E-state index contributed by atoms with van der Waals surface area (Å²) in [6, 6.07) is 14.3. The first-order valence-electron chi connectivity index (χ1n) is 12.4. The molecule has 0 atom stereocenters. The van der Waals surface area contributed by atoms with Crippen LogP contribution in [-0.4, -0.2) is 33.4 Å². The van der Waals surface area contributed by atoms with Crippen LogP contribution >= 0.6 is 0 Å². The first kappa shape index (κ1) is 25.3. The highest BCUT2D eigenvalue weighted by Crippen LogP contribution is 2.36. The van der Waals surface area contributed by atoms with Gasteiger partial charge in [-0.15, -0.1) is 0 Å². The van der Waals surface area contributed by atoms with Crippen molar-refractivity contribution in [3.63, 3.8) is 0 Å². The summed E-state index contributed by atoms with van der Waals surface area (Å²) in [6.45, 7) is 0. The minimum absolute atomic E-state index is 0.0936. The molecule has 2 aromatic carbocycles. The normalized spacial score (nSPS) is 12.9. The van der Waals surface area contributed by atoms with Crippen molar-refractivity contribution in [1.29, 1.82) is 0 Å². The van der Waals surface area contributed by atoms with E-state index < -0.39 is 11.4 Å². The van der Waals surface area contributed by atoms with Crippen molar-refractivity contribution >= 4 is 0 Å². The van der Waals surface area contributed by atoms with E-state index in [-0.39, 0.29) is 23.4 Å². The van der Waals surface area contributed by atoms with Gasteiger partial charge in [-0.2, -0.15) is 4.98 Å². The number of nitrogens with zero attached hydrogens (tertiary/aromatic N) is 3. The van der Waals surface area contributed by atoms with Crippen LogP contribution in [0, 0.1) is 11.7 Å². The number of hydrogen-bond acceptors (Lipinski definition) is 6. The van der Waals surface area contributed by atoms with Gasteiger partial charge in [-0.1, -0.05) is 31.0 Å². The minimum Gasteiger partial charge on any atom is -0.494 e. The molecule has 1 aliphatic rings. The molecule has 4 aromatic rings. The molecule has 8 nitrogen and oxygen atoms in total. The number of aryl methyl sites for hydroxylation is 1. The van der Waals surface area contributed by atoms with E-state index in [0.29, 0.717) is 46.6 Å². The molecular weight excluding hydrogens is 489 g/mol. The highest BCUT2D eigenvalue weighted by atomic mass is 19.1. The Balaban J connectivity index is 1.57. The molecular formula is C29H28FN3O5. The number of ether oxygens (including phenoxy) is 2. The van der Waals surface area contributed by atoms with Crippen molar-refractivity contribution in [1.82, 2.24) is 14.1 Å². The molecule has 1 saturated carbocycles. The molecule has 9 heteroatoms. The number of hydrogen-bond donors (Lipinski definition) is 1. The highest BCUT2D eigenvalue weighted by molar-refractivity contribution is 5.58. The predicted octanol–water partition coefficient (Wildman–Crippen LogP) is 4.18. The van der Waals surface area contributed by atoms with Crippen LogP contribution in [0.5, 0.6) is 17.4 Å². The second-order valence-electron chi connectivity index (χ2n) is 9.36. The van der Waals surface area contributed by atoms with Gasteiger partial charge in [-0.05, 0) is 48.2 Å². The largest absolute Gasteiger partial charge is 0.494 e. The molecule has 0 unspecified atom stereocenters. The van der Waals surface area contributed by atoms with Crippen molar-refractivity contribution in [3.8, 4) is 28.8 Å². The van der Waals surface area contributed by atoms with E-state index in [2.05, 4.69) is 4.98 Å². The van der Waals surface area contributed by atoms with Crippen molar-refractivity contribution in [2.45, 2.75) is 32.1 Å². The van der Waals surface area contributed by atoms with Crippen molar-refractivity contribution in [2.24, 2.45) is 5.92 Å². The van der Waals surface area contributed by atoms with E-state index in [1.807, 2.05) is 0 Å². The second-order valence-corrected chi connectivity index (χ2v) is 9.36. The Morgan fingerprint density at radius 1 is 1.00 bits per heavy atom. The topological polar surface area (TPSA) is 95.6 Å². The monoisotopic (exact) mass is 517 g/mol. The summed E-state index contributed by atoms with van der Waals surface area (Å²) < 4.78 is 27.5. The van der Waals surface area contributed by atoms with Gasteiger partial charge in [0.25, 0.3) is 11.1 Å². The Hall–Kier alpha value is -4.40. The molecule has 1 aliphatic carbocycles. The number of benzene rings is 2. The van der Waals surface area contributed by atoms with Gasteiger partial charge in [-0.3, -0.25) is 18.7 Å². The SMILES string of the molecule is COc1cccc(OC)c1-n1c(CCC2CC2)nc(O)c(Cc2ccc(-n3cc(F)ccc3=O)cc2)c1=O. The summed E-state index contributed by atoms with van der Waals surface area (Å²) in [6.07, 6.45) is 4.91. The zero-order valence-electron chi connectivity index (χ0n) is 21.2. The number of para-hydroxylation sites is 1. The average Bonchev–Trinajstić information content (AvgIpc) is 3.76. The van der Waals surface area contributed by atoms with Crippen molar-refractivity contribution in [2.75, 3.05) is 14.2 Å². The van der Waals surface area contributed by atoms with Gasteiger partial charge in [0.2, 0.25) is 5.88 Å². The van der Waals surface area contributed by atoms with Gasteiger partial charge in [0, 0.05) is 30.8 Å². The molecule has 1 fully saturated rings. The summed E-state index contributed by atoms with van der Waals surface area (Å²) in [5, 5.41) is 10.9. The van der Waals surface area contributed by atoms with E-state index in [0.717, 1.165) is 37.6 Å². The van der Waals surface area contributed by atoms with E-state index in [1.165, 1.54) is 23.4 Å². The lowest BCUT2D eigenvalue weighted by molar-refractivity contribution is 0.387. The molecule has 0 amide bonds. The molecule has 38 heavy (non-hydrogen) atoms. The summed E-state index contributed by atoms with van der Waals surface area (Å²) in [7, 11) is 3.04. The quantitative estimate of drug-likeness (QED) is 0.358. The fourth-order valence-electron chi connectivity index (χ4n) is 4.57. The van der Waals surface area contributed by atoms with Crippen LogP contribution in [0.15, 0.2) is 70.4 Å². The van der Waals surface area contributed by atoms with Crippen LogP contribution in [0.1, 0.15) is 36.2 Å². The molecule has 1 N–H and O–H groups in total. The molecule has 0 aliphatic heterocycles. The van der Waals surface area contributed by atoms with E-state index in [1.54, 1.807) is 42.5 Å². The number of rotatable bonds is 9. The Bertz CT molecular complexity index is 1570. The molecule has 2 heterocycles. The number of halogens is 1. The summed E-state index contributed by atoms with van der Waals surface area (Å²) >= 11 is 0. The van der Waals surface area contributed by atoms with Crippen LogP contribution in [0.3, 0.4) is 0 Å². The zero-order chi connectivity index (χ0) is 26.8. The van der Waals surface area contributed by atoms with E-state index >= 15 is 0 Å². The second kappa shape index (κ2) is 10.5. The van der Waals surface area contributed by atoms with Crippen LogP contribution < -0.4 is 20.6 Å². The number of pyridine rings is 1. The standard InChI is InChI=1S/C29H28FN3O5/c1-37-23-4-3-5-24(38-2)27(23)33-25(14-10-18-6-7-18)31-28(35)22(29(33)36)16-19-8-12-21(13-9-19)32-17-20(30)11-15-26(32)34/h3-5,8-9,11-13,15,17-18,35H,6-7,10,14,16H2,1-2H3. The molecule has 2 aromatic heterocycles. The third-order valence-electron chi connectivity index (χ3n) is 6.79. The van der Waals surface area contributed by atoms with Crippen LogP contribution in [0.25, 0.3) is 11.4 Å². The number of methoxy groups -OCH3 is 2. The Kier molecular flexibility index (Phi) is 7.00. The average molecular weight is 518 g/mol. The smallest absolute Gasteiger partial charge is 0.265 e. The van der Waals surface area contributed by atoms with Crippen molar-refractivity contribution in [3.05, 3.63) is 104 Å². The molecule has 0 radical (unpaired) electrons. The van der Waals surface area contributed by atoms with Crippen LogP contribution in [0.2, 0.25) is 0 Å². The molecule has 0 bridgehead atoms. The minimum atomic E-state index is -0.529. The molecule has 5 rings (SSSR count). The van der Waals surface area contributed by atoms with Gasteiger partial charge in [0.05, 0.1) is 19.8 Å². The third-order valence-corrected chi connectivity index (χ3v) is 6.79. The maximum absolute atomic E-state index is 13.9. The fourth-order valence-corrected chi connectivity index (χ4v) is 4.57. The summed E-state index contributed by atoms with van der Waals surface area (Å²) in [5.41, 5.74) is 0.948. The van der Waals surface area contributed by atoms with Gasteiger partial charge in [-0.25, -0.2) is 4.39 Å². The molecule has 196 valence electrons. The Morgan fingerprint density at radius 2 is 1.68 bits per heavy atom. The van der Waals surface area contributed by atoms with Gasteiger partial charge in [0.15, 0.2) is 0 Å². The van der Waals surface area contributed by atoms with E-state index in [4.69, 9.17) is 9.47 Å². The highest BCUT2D eigenvalue weighted by Gasteiger charge is 2.26. The predicted molar refractivity (Wildman–Crippen MR) is 140 cm³/mol. The zero-order valence-corrected chi connectivity index (χ0v) is 21.2. The Labute approximate surface area is 218 Å².